The molecule has 2 atom stereocenters. The van der Waals surface area contributed by atoms with Gasteiger partial charge in [0, 0.05) is 13.7 Å². The summed E-state index contributed by atoms with van der Waals surface area (Å²) in [7, 11) is 1.64. The highest BCUT2D eigenvalue weighted by Gasteiger charge is 2.46. The van der Waals surface area contributed by atoms with Crippen molar-refractivity contribution in [1.29, 1.82) is 0 Å². The van der Waals surface area contributed by atoms with Crippen molar-refractivity contribution in [2.45, 2.75) is 31.0 Å². The lowest BCUT2D eigenvalue weighted by Crippen LogP contribution is -2.52. The fourth-order valence-electron chi connectivity index (χ4n) is 2.26. The van der Waals surface area contributed by atoms with Gasteiger partial charge in [-0.15, -0.1) is 0 Å². The van der Waals surface area contributed by atoms with Gasteiger partial charge in [0.2, 0.25) is 0 Å². The molecule has 1 amide bonds. The molecular weight excluding hydrogens is 198 g/mol. The molecule has 0 aliphatic carbocycles. The first kappa shape index (κ1) is 10.7. The number of ether oxygens (including phenoxy) is 3. The maximum atomic E-state index is 11.0. The van der Waals surface area contributed by atoms with Crippen LogP contribution in [-0.2, 0) is 14.2 Å². The van der Waals surface area contributed by atoms with Gasteiger partial charge in [0.25, 0.3) is 0 Å². The molecule has 2 aliphatic rings. The van der Waals surface area contributed by atoms with Crippen LogP contribution in [0.5, 0.6) is 0 Å². The minimum absolute atomic E-state index is 0.217. The summed E-state index contributed by atoms with van der Waals surface area (Å²) in [6, 6.07) is 0. The van der Waals surface area contributed by atoms with Crippen molar-refractivity contribution in [3.05, 3.63) is 0 Å². The van der Waals surface area contributed by atoms with Gasteiger partial charge in [0.15, 0.2) is 6.10 Å². The summed E-state index contributed by atoms with van der Waals surface area (Å²) < 4.78 is 16.2. The van der Waals surface area contributed by atoms with Crippen molar-refractivity contribution >= 4 is 6.09 Å². The molecule has 0 aromatic rings. The van der Waals surface area contributed by atoms with Crippen LogP contribution in [-0.4, -0.2) is 44.7 Å². The molecule has 2 saturated heterocycles. The second-order valence-corrected chi connectivity index (χ2v) is 4.08. The standard InChI is InChI=1S/C10H17NO4/c1-13-7-10(4-2-3-5-14-10)8-6-11-9(12)15-8/h8H,2-7H2,1H3,(H,11,12). The highest BCUT2D eigenvalue weighted by Crippen LogP contribution is 2.31. The van der Waals surface area contributed by atoms with Gasteiger partial charge in [-0.1, -0.05) is 0 Å². The molecule has 2 fully saturated rings. The fraction of sp³-hybridized carbons (Fsp3) is 0.900. The number of carbonyl (C=O) groups excluding carboxylic acids is 1. The molecule has 2 unspecified atom stereocenters. The van der Waals surface area contributed by atoms with Crippen molar-refractivity contribution < 1.29 is 19.0 Å². The van der Waals surface area contributed by atoms with Crippen molar-refractivity contribution in [3.63, 3.8) is 0 Å². The van der Waals surface area contributed by atoms with Crippen LogP contribution in [0.15, 0.2) is 0 Å². The number of alkyl carbamates (subject to hydrolysis) is 1. The lowest BCUT2D eigenvalue weighted by Gasteiger charge is -2.39. The van der Waals surface area contributed by atoms with Gasteiger partial charge in [-0.25, -0.2) is 4.79 Å². The van der Waals surface area contributed by atoms with Crippen LogP contribution in [0.4, 0.5) is 4.79 Å². The first-order valence-corrected chi connectivity index (χ1v) is 5.34. The Morgan fingerprint density at radius 1 is 1.60 bits per heavy atom. The number of cyclic esters (lactones) is 1. The maximum Gasteiger partial charge on any atom is 0.407 e. The SMILES string of the molecule is COCC1(C2CNC(=O)O2)CCCCO1. The van der Waals surface area contributed by atoms with Gasteiger partial charge < -0.3 is 19.5 Å². The molecule has 5 heteroatoms. The number of carbonyl (C=O) groups is 1. The number of nitrogens with one attached hydrogen (secondary N) is 1. The van der Waals surface area contributed by atoms with Crippen molar-refractivity contribution in [3.8, 4) is 0 Å². The van der Waals surface area contributed by atoms with E-state index in [1.807, 2.05) is 0 Å². The van der Waals surface area contributed by atoms with Gasteiger partial charge in [0.1, 0.15) is 5.60 Å². The summed E-state index contributed by atoms with van der Waals surface area (Å²) in [5.41, 5.74) is -0.438. The molecule has 2 heterocycles. The first-order chi connectivity index (χ1) is 7.27. The van der Waals surface area contributed by atoms with E-state index in [1.54, 1.807) is 7.11 Å². The first-order valence-electron chi connectivity index (χ1n) is 5.34. The van der Waals surface area contributed by atoms with Crippen LogP contribution in [0.25, 0.3) is 0 Å². The maximum absolute atomic E-state index is 11.0. The summed E-state index contributed by atoms with van der Waals surface area (Å²) >= 11 is 0. The molecule has 1 N–H and O–H groups in total. The zero-order valence-corrected chi connectivity index (χ0v) is 8.95. The van der Waals surface area contributed by atoms with Crippen molar-refractivity contribution in [2.75, 3.05) is 26.9 Å². The summed E-state index contributed by atoms with van der Waals surface area (Å²) in [6.07, 6.45) is 2.48. The van der Waals surface area contributed by atoms with E-state index in [4.69, 9.17) is 14.2 Å². The smallest absolute Gasteiger partial charge is 0.407 e. The Hall–Kier alpha value is -0.810. The minimum atomic E-state index is -0.438. The van der Waals surface area contributed by atoms with Crippen LogP contribution in [0, 0.1) is 0 Å². The Labute approximate surface area is 89.1 Å². The number of rotatable bonds is 3. The number of hydrogen-bond acceptors (Lipinski definition) is 4. The average molecular weight is 215 g/mol. The molecule has 0 bridgehead atoms. The highest BCUT2D eigenvalue weighted by atomic mass is 16.6. The third kappa shape index (κ3) is 2.08. The van der Waals surface area contributed by atoms with Gasteiger partial charge in [-0.3, -0.25) is 0 Å². The molecule has 5 nitrogen and oxygen atoms in total. The summed E-state index contributed by atoms with van der Waals surface area (Å²) in [5, 5.41) is 2.65. The normalized spacial score (nSPS) is 36.1. The Kier molecular flexibility index (Phi) is 3.11. The zero-order valence-electron chi connectivity index (χ0n) is 8.95. The Morgan fingerprint density at radius 3 is 3.00 bits per heavy atom. The lowest BCUT2D eigenvalue weighted by molar-refractivity contribution is -0.164. The second kappa shape index (κ2) is 4.37. The van der Waals surface area contributed by atoms with E-state index in [2.05, 4.69) is 5.32 Å². The second-order valence-electron chi connectivity index (χ2n) is 4.08. The summed E-state index contributed by atoms with van der Waals surface area (Å²) in [6.45, 7) is 1.71. The fourth-order valence-corrected chi connectivity index (χ4v) is 2.26. The predicted octanol–water partition coefficient (Wildman–Crippen LogP) is 0.680. The van der Waals surface area contributed by atoms with E-state index in [-0.39, 0.29) is 12.2 Å². The molecule has 0 radical (unpaired) electrons. The predicted molar refractivity (Wildman–Crippen MR) is 52.7 cm³/mol. The van der Waals surface area contributed by atoms with E-state index in [9.17, 15) is 4.79 Å². The molecule has 0 saturated carbocycles. The molecule has 86 valence electrons. The van der Waals surface area contributed by atoms with Crippen LogP contribution in [0.3, 0.4) is 0 Å². The lowest BCUT2D eigenvalue weighted by atomic mass is 9.89. The molecule has 2 aliphatic heterocycles. The molecule has 15 heavy (non-hydrogen) atoms. The van der Waals surface area contributed by atoms with E-state index >= 15 is 0 Å². The third-order valence-electron chi connectivity index (χ3n) is 3.04. The molecule has 0 spiro atoms. The zero-order chi connectivity index (χ0) is 10.7. The van der Waals surface area contributed by atoms with Gasteiger partial charge in [-0.05, 0) is 19.3 Å². The number of hydrogen-bond donors (Lipinski definition) is 1. The number of amides is 1. The molecule has 2 rings (SSSR count). The van der Waals surface area contributed by atoms with Crippen LogP contribution in [0.2, 0.25) is 0 Å². The van der Waals surface area contributed by atoms with E-state index < -0.39 is 5.60 Å². The van der Waals surface area contributed by atoms with Gasteiger partial charge >= 0.3 is 6.09 Å². The Balaban J connectivity index is 2.06. The van der Waals surface area contributed by atoms with E-state index in [1.165, 1.54) is 0 Å². The van der Waals surface area contributed by atoms with Crippen molar-refractivity contribution in [1.82, 2.24) is 5.32 Å². The van der Waals surface area contributed by atoms with Gasteiger partial charge in [0.05, 0.1) is 13.2 Å². The molecule has 0 aromatic carbocycles. The van der Waals surface area contributed by atoms with Crippen LogP contribution in [0.1, 0.15) is 19.3 Å². The largest absolute Gasteiger partial charge is 0.441 e. The average Bonchev–Trinajstić information content (AvgIpc) is 2.67. The summed E-state index contributed by atoms with van der Waals surface area (Å²) in [5.74, 6) is 0. The number of methoxy groups -OCH3 is 1. The van der Waals surface area contributed by atoms with Crippen LogP contribution >= 0.6 is 0 Å². The molecular formula is C10H17NO4. The monoisotopic (exact) mass is 215 g/mol. The Bertz CT molecular complexity index is 232. The minimum Gasteiger partial charge on any atom is -0.441 e. The highest BCUT2D eigenvalue weighted by molar-refractivity contribution is 5.69. The topological polar surface area (TPSA) is 56.8 Å². The van der Waals surface area contributed by atoms with E-state index in [0.29, 0.717) is 13.2 Å². The quantitative estimate of drug-likeness (QED) is 0.752. The van der Waals surface area contributed by atoms with Crippen LogP contribution < -0.4 is 5.32 Å². The molecule has 0 aromatic heterocycles. The Morgan fingerprint density at radius 2 is 2.47 bits per heavy atom. The van der Waals surface area contributed by atoms with E-state index in [0.717, 1.165) is 25.9 Å². The van der Waals surface area contributed by atoms with Gasteiger partial charge in [-0.2, -0.15) is 0 Å². The van der Waals surface area contributed by atoms with Crippen molar-refractivity contribution in [2.24, 2.45) is 0 Å². The third-order valence-corrected chi connectivity index (χ3v) is 3.04. The summed E-state index contributed by atoms with van der Waals surface area (Å²) in [4.78, 5) is 11.0.